The van der Waals surface area contributed by atoms with Gasteiger partial charge in [-0.1, -0.05) is 35.9 Å². The van der Waals surface area contributed by atoms with Crippen LogP contribution in [0.5, 0.6) is 0 Å². The number of pyridine rings is 2. The third kappa shape index (κ3) is 4.71. The molecule has 146 valence electrons. The Bertz CT molecular complexity index is 1010. The van der Waals surface area contributed by atoms with Crippen molar-refractivity contribution in [1.82, 2.24) is 9.97 Å². The molecule has 0 aliphatic rings. The van der Waals surface area contributed by atoms with Crippen LogP contribution < -0.4 is 0 Å². The van der Waals surface area contributed by atoms with Crippen LogP contribution >= 0.6 is 11.6 Å². The minimum atomic E-state index is -0.570. The van der Waals surface area contributed by atoms with Crippen LogP contribution in [0, 0.1) is 31.6 Å². The summed E-state index contributed by atoms with van der Waals surface area (Å²) in [6, 6.07) is 10.2. The largest absolute Gasteiger partial charge is 0.225 e. The second kappa shape index (κ2) is 8.74. The smallest absolute Gasteiger partial charge is 0.216 e. The van der Waals surface area contributed by atoms with Gasteiger partial charge in [0.2, 0.25) is 11.9 Å². The number of benzene rings is 1. The fourth-order valence-electron chi connectivity index (χ4n) is 2.98. The SMILES string of the molecule is Cc1ccc(CCc2ccc(CCc3ccc(C)c(F)c3Cl)nc2F)c(F)n1. The molecule has 0 atom stereocenters. The zero-order valence-electron chi connectivity index (χ0n) is 15.7. The summed E-state index contributed by atoms with van der Waals surface area (Å²) in [5.74, 6) is -1.52. The van der Waals surface area contributed by atoms with Gasteiger partial charge in [0, 0.05) is 22.5 Å². The molecule has 0 spiro atoms. The van der Waals surface area contributed by atoms with Crippen molar-refractivity contribution in [3.63, 3.8) is 0 Å². The Balaban J connectivity index is 1.64. The van der Waals surface area contributed by atoms with Crippen LogP contribution in [-0.4, -0.2) is 9.97 Å². The minimum absolute atomic E-state index is 0.103. The van der Waals surface area contributed by atoms with Crippen LogP contribution in [0.1, 0.15) is 33.6 Å². The predicted molar refractivity (Wildman–Crippen MR) is 104 cm³/mol. The highest BCUT2D eigenvalue weighted by Crippen LogP contribution is 2.24. The Morgan fingerprint density at radius 3 is 1.93 bits per heavy atom. The van der Waals surface area contributed by atoms with Gasteiger partial charge in [-0.15, -0.1) is 0 Å². The molecule has 28 heavy (non-hydrogen) atoms. The van der Waals surface area contributed by atoms with Gasteiger partial charge in [-0.2, -0.15) is 8.78 Å². The molecule has 3 rings (SSSR count). The minimum Gasteiger partial charge on any atom is -0.225 e. The van der Waals surface area contributed by atoms with Crippen LogP contribution in [0.2, 0.25) is 5.02 Å². The first-order valence-corrected chi connectivity index (χ1v) is 9.42. The molecule has 0 N–H and O–H groups in total. The second-order valence-corrected chi connectivity index (χ2v) is 7.20. The number of aryl methyl sites for hydroxylation is 6. The van der Waals surface area contributed by atoms with Gasteiger partial charge in [0.05, 0.1) is 5.02 Å². The molecule has 0 saturated heterocycles. The van der Waals surface area contributed by atoms with Crippen molar-refractivity contribution >= 4 is 11.6 Å². The second-order valence-electron chi connectivity index (χ2n) is 6.82. The van der Waals surface area contributed by atoms with Gasteiger partial charge in [-0.3, -0.25) is 0 Å². The number of hydrogen-bond donors (Lipinski definition) is 0. The molecule has 0 fully saturated rings. The van der Waals surface area contributed by atoms with Crippen molar-refractivity contribution in [1.29, 1.82) is 0 Å². The predicted octanol–water partition coefficient (Wildman–Crippen LogP) is 5.73. The molecule has 6 heteroatoms. The van der Waals surface area contributed by atoms with Gasteiger partial charge in [-0.05, 0) is 62.8 Å². The molecule has 1 aromatic carbocycles. The van der Waals surface area contributed by atoms with E-state index in [0.29, 0.717) is 59.3 Å². The maximum Gasteiger partial charge on any atom is 0.216 e. The van der Waals surface area contributed by atoms with Crippen molar-refractivity contribution in [2.75, 3.05) is 0 Å². The quantitative estimate of drug-likeness (QED) is 0.490. The lowest BCUT2D eigenvalue weighted by atomic mass is 10.0. The first-order valence-electron chi connectivity index (χ1n) is 9.05. The lowest BCUT2D eigenvalue weighted by Gasteiger charge is -2.09. The summed E-state index contributed by atoms with van der Waals surface area (Å²) in [5, 5.41) is 0.103. The summed E-state index contributed by atoms with van der Waals surface area (Å²) < 4.78 is 42.0. The van der Waals surface area contributed by atoms with E-state index in [4.69, 9.17) is 11.6 Å². The van der Waals surface area contributed by atoms with Gasteiger partial charge >= 0.3 is 0 Å². The summed E-state index contributed by atoms with van der Waals surface area (Å²) in [7, 11) is 0. The number of nitrogens with zero attached hydrogens (tertiary/aromatic N) is 2. The lowest BCUT2D eigenvalue weighted by molar-refractivity contribution is 0.547. The Labute approximate surface area is 167 Å². The maximum atomic E-state index is 14.3. The number of aromatic nitrogens is 2. The van der Waals surface area contributed by atoms with E-state index in [0.717, 1.165) is 0 Å². The molecule has 0 aliphatic carbocycles. The van der Waals surface area contributed by atoms with Crippen molar-refractivity contribution in [3.8, 4) is 0 Å². The zero-order valence-corrected chi connectivity index (χ0v) is 16.5. The van der Waals surface area contributed by atoms with Gasteiger partial charge in [0.15, 0.2) is 0 Å². The third-order valence-corrected chi connectivity index (χ3v) is 5.13. The molecule has 2 aromatic heterocycles. The van der Waals surface area contributed by atoms with E-state index < -0.39 is 17.7 Å². The molecule has 0 amide bonds. The van der Waals surface area contributed by atoms with Crippen LogP contribution in [0.25, 0.3) is 0 Å². The standard InChI is InChI=1S/C22H20ClF3N2/c1-13-3-5-15(19(23)20(13)24)9-11-18-12-10-17(22(26)28-18)8-7-16-6-4-14(2)27-21(16)25/h3-6,10,12H,7-9,11H2,1-2H3. The molecular weight excluding hydrogens is 385 g/mol. The molecule has 0 bridgehead atoms. The average molecular weight is 405 g/mol. The topological polar surface area (TPSA) is 25.8 Å². The van der Waals surface area contributed by atoms with E-state index in [1.165, 1.54) is 0 Å². The number of rotatable bonds is 6. The van der Waals surface area contributed by atoms with Gasteiger partial charge in [-0.25, -0.2) is 14.4 Å². The van der Waals surface area contributed by atoms with E-state index in [2.05, 4.69) is 9.97 Å². The first-order chi connectivity index (χ1) is 13.3. The van der Waals surface area contributed by atoms with Gasteiger partial charge < -0.3 is 0 Å². The number of halogens is 4. The van der Waals surface area contributed by atoms with Crippen molar-refractivity contribution in [2.24, 2.45) is 0 Å². The summed E-state index contributed by atoms with van der Waals surface area (Å²) in [6.45, 7) is 3.37. The molecular formula is C22H20ClF3N2. The molecule has 0 saturated carbocycles. The number of hydrogen-bond acceptors (Lipinski definition) is 2. The summed E-state index contributed by atoms with van der Waals surface area (Å²) in [6.07, 6.45) is 1.57. The van der Waals surface area contributed by atoms with E-state index >= 15 is 0 Å². The molecule has 2 heterocycles. The highest BCUT2D eigenvalue weighted by molar-refractivity contribution is 6.31. The average Bonchev–Trinajstić information content (AvgIpc) is 2.66. The highest BCUT2D eigenvalue weighted by atomic mass is 35.5. The van der Waals surface area contributed by atoms with E-state index in [9.17, 15) is 13.2 Å². The van der Waals surface area contributed by atoms with Crippen LogP contribution in [0.3, 0.4) is 0 Å². The molecule has 3 aromatic rings. The Kier molecular flexibility index (Phi) is 6.35. The van der Waals surface area contributed by atoms with Crippen LogP contribution in [0.4, 0.5) is 13.2 Å². The normalized spacial score (nSPS) is 11.1. The fraction of sp³-hybridized carbons (Fsp3) is 0.273. The van der Waals surface area contributed by atoms with E-state index in [1.54, 1.807) is 50.2 Å². The Morgan fingerprint density at radius 2 is 1.29 bits per heavy atom. The third-order valence-electron chi connectivity index (χ3n) is 4.72. The van der Waals surface area contributed by atoms with Crippen LogP contribution in [0.15, 0.2) is 36.4 Å². The molecule has 0 aliphatic heterocycles. The van der Waals surface area contributed by atoms with E-state index in [-0.39, 0.29) is 5.02 Å². The molecule has 2 nitrogen and oxygen atoms in total. The lowest BCUT2D eigenvalue weighted by Crippen LogP contribution is -2.04. The highest BCUT2D eigenvalue weighted by Gasteiger charge is 2.12. The maximum absolute atomic E-state index is 14.3. The molecule has 0 unspecified atom stereocenters. The summed E-state index contributed by atoms with van der Waals surface area (Å²) in [5.41, 5.74) is 3.18. The zero-order chi connectivity index (χ0) is 20.3. The summed E-state index contributed by atoms with van der Waals surface area (Å²) >= 11 is 6.04. The van der Waals surface area contributed by atoms with E-state index in [1.807, 2.05) is 0 Å². The Hall–Kier alpha value is -2.40. The van der Waals surface area contributed by atoms with Crippen molar-refractivity contribution in [3.05, 3.63) is 92.8 Å². The Morgan fingerprint density at radius 1 is 0.714 bits per heavy atom. The van der Waals surface area contributed by atoms with Gasteiger partial charge in [0.1, 0.15) is 5.82 Å². The fourth-order valence-corrected chi connectivity index (χ4v) is 3.28. The van der Waals surface area contributed by atoms with Crippen molar-refractivity contribution < 1.29 is 13.2 Å². The molecule has 0 radical (unpaired) electrons. The first kappa shape index (κ1) is 20.3. The van der Waals surface area contributed by atoms with Gasteiger partial charge in [0.25, 0.3) is 0 Å². The monoisotopic (exact) mass is 404 g/mol. The van der Waals surface area contributed by atoms with Crippen molar-refractivity contribution in [2.45, 2.75) is 39.5 Å². The van der Waals surface area contributed by atoms with Crippen LogP contribution in [-0.2, 0) is 25.7 Å². The summed E-state index contributed by atoms with van der Waals surface area (Å²) in [4.78, 5) is 7.77.